The number of carbonyl (C=O) groups excluding carboxylic acids is 1. The van der Waals surface area contributed by atoms with Crippen molar-refractivity contribution in [3.63, 3.8) is 0 Å². The molecule has 1 atom stereocenters. The summed E-state index contributed by atoms with van der Waals surface area (Å²) in [5.74, 6) is 0.218. The van der Waals surface area contributed by atoms with Crippen LogP contribution in [0.5, 0.6) is 0 Å². The van der Waals surface area contributed by atoms with E-state index in [1.807, 2.05) is 19.1 Å². The van der Waals surface area contributed by atoms with Gasteiger partial charge in [-0.05, 0) is 50.3 Å². The van der Waals surface area contributed by atoms with E-state index in [2.05, 4.69) is 4.90 Å². The van der Waals surface area contributed by atoms with Crippen molar-refractivity contribution in [1.29, 1.82) is 0 Å². The third kappa shape index (κ3) is 4.22. The first-order chi connectivity index (χ1) is 15.7. The molecule has 1 amide bonds. The summed E-state index contributed by atoms with van der Waals surface area (Å²) in [6, 6.07) is 3.30. The van der Waals surface area contributed by atoms with Gasteiger partial charge in [0.1, 0.15) is 15.8 Å². The molecule has 3 saturated heterocycles. The Balaban J connectivity index is 1.60. The molecule has 3 aliphatic rings. The SMILES string of the molecule is Cc1ccc2nc(N3CCCCC3)c(C=C3SC(=S)N(C4CCS(=O)(=O)C4)C3=O)c(=O)n2c1. The first kappa shape index (κ1) is 22.5. The number of pyridine rings is 1. The van der Waals surface area contributed by atoms with E-state index in [1.165, 1.54) is 9.30 Å². The molecule has 3 aliphatic heterocycles. The van der Waals surface area contributed by atoms with Crippen LogP contribution in [0.1, 0.15) is 36.8 Å². The van der Waals surface area contributed by atoms with Gasteiger partial charge >= 0.3 is 0 Å². The molecule has 0 radical (unpaired) electrons. The van der Waals surface area contributed by atoms with Crippen molar-refractivity contribution in [1.82, 2.24) is 14.3 Å². The second kappa shape index (κ2) is 8.52. The van der Waals surface area contributed by atoms with Gasteiger partial charge in [0.05, 0.1) is 28.0 Å². The number of hydrogen-bond donors (Lipinski definition) is 0. The smallest absolute Gasteiger partial charge is 0.267 e. The Bertz CT molecular complexity index is 1360. The van der Waals surface area contributed by atoms with E-state index in [0.717, 1.165) is 49.7 Å². The fraction of sp³-hybridized carbons (Fsp3) is 0.455. The highest BCUT2D eigenvalue weighted by molar-refractivity contribution is 8.26. The molecule has 5 heterocycles. The van der Waals surface area contributed by atoms with E-state index in [-0.39, 0.29) is 23.0 Å². The minimum Gasteiger partial charge on any atom is -0.356 e. The second-order valence-electron chi connectivity index (χ2n) is 8.75. The summed E-state index contributed by atoms with van der Waals surface area (Å²) in [7, 11) is -3.16. The van der Waals surface area contributed by atoms with E-state index in [0.29, 0.717) is 32.7 Å². The molecule has 11 heteroatoms. The fourth-order valence-electron chi connectivity index (χ4n) is 4.62. The van der Waals surface area contributed by atoms with Crippen molar-refractivity contribution >= 4 is 61.6 Å². The molecule has 2 aromatic rings. The molecule has 0 saturated carbocycles. The van der Waals surface area contributed by atoms with Crippen LogP contribution in [-0.4, -0.2) is 63.6 Å². The number of sulfone groups is 1. The molecule has 0 aliphatic carbocycles. The molecule has 8 nitrogen and oxygen atoms in total. The summed E-state index contributed by atoms with van der Waals surface area (Å²) in [6.07, 6.45) is 6.90. The van der Waals surface area contributed by atoms with E-state index in [1.54, 1.807) is 12.3 Å². The molecule has 3 fully saturated rings. The normalized spacial score (nSPS) is 24.4. The van der Waals surface area contributed by atoms with Gasteiger partial charge in [0.25, 0.3) is 11.5 Å². The van der Waals surface area contributed by atoms with E-state index in [9.17, 15) is 18.0 Å². The third-order valence-electron chi connectivity index (χ3n) is 6.31. The average Bonchev–Trinajstić information content (AvgIpc) is 3.28. The number of rotatable bonds is 3. The molecular formula is C22H24N4O4S3. The number of thioether (sulfide) groups is 1. The predicted octanol–water partition coefficient (Wildman–Crippen LogP) is 2.38. The van der Waals surface area contributed by atoms with Gasteiger partial charge in [-0.2, -0.15) is 0 Å². The Hall–Kier alpha value is -2.24. The average molecular weight is 505 g/mol. The Labute approximate surface area is 201 Å². The maximum Gasteiger partial charge on any atom is 0.267 e. The number of carbonyl (C=O) groups is 1. The van der Waals surface area contributed by atoms with Crippen molar-refractivity contribution in [2.45, 2.75) is 38.6 Å². The number of amides is 1. The number of piperidine rings is 1. The van der Waals surface area contributed by atoms with Crippen LogP contribution >= 0.6 is 24.0 Å². The highest BCUT2D eigenvalue weighted by Crippen LogP contribution is 2.37. The molecule has 174 valence electrons. The second-order valence-corrected chi connectivity index (χ2v) is 12.6. The van der Waals surface area contributed by atoms with Crippen LogP contribution in [0.3, 0.4) is 0 Å². The molecular weight excluding hydrogens is 480 g/mol. The van der Waals surface area contributed by atoms with Crippen LogP contribution in [0.15, 0.2) is 28.0 Å². The van der Waals surface area contributed by atoms with Crippen LogP contribution in [0.4, 0.5) is 5.82 Å². The number of hydrogen-bond acceptors (Lipinski definition) is 8. The summed E-state index contributed by atoms with van der Waals surface area (Å²) in [6.45, 7) is 3.51. The molecule has 33 heavy (non-hydrogen) atoms. The fourth-order valence-corrected chi connectivity index (χ4v) is 7.71. The monoisotopic (exact) mass is 504 g/mol. The number of aryl methyl sites for hydroxylation is 1. The van der Waals surface area contributed by atoms with Crippen molar-refractivity contribution in [3.8, 4) is 0 Å². The van der Waals surface area contributed by atoms with Gasteiger partial charge < -0.3 is 4.90 Å². The maximum absolute atomic E-state index is 13.5. The molecule has 0 bridgehead atoms. The summed E-state index contributed by atoms with van der Waals surface area (Å²) >= 11 is 6.55. The quantitative estimate of drug-likeness (QED) is 0.465. The van der Waals surface area contributed by atoms with Gasteiger partial charge in [0.2, 0.25) is 0 Å². The highest BCUT2D eigenvalue weighted by atomic mass is 32.2. The van der Waals surface area contributed by atoms with Gasteiger partial charge in [-0.25, -0.2) is 13.4 Å². The van der Waals surface area contributed by atoms with E-state index in [4.69, 9.17) is 17.2 Å². The Kier molecular flexibility index (Phi) is 5.82. The molecule has 0 aromatic carbocycles. The number of nitrogens with zero attached hydrogens (tertiary/aromatic N) is 4. The number of fused-ring (bicyclic) bond motifs is 1. The van der Waals surface area contributed by atoms with E-state index < -0.39 is 15.9 Å². The maximum atomic E-state index is 13.5. The standard InChI is InChI=1S/C22H24N4O4S3/c1-14-5-6-18-23-19(24-8-3-2-4-9-24)16(20(27)25(18)12-14)11-17-21(28)26(22(31)32-17)15-7-10-33(29,30)13-15/h5-6,11-12,15H,2-4,7-10,13H2,1H3. The molecule has 1 unspecified atom stereocenters. The third-order valence-corrected chi connectivity index (χ3v) is 9.39. The lowest BCUT2D eigenvalue weighted by Crippen LogP contribution is -2.39. The minimum absolute atomic E-state index is 0.0577. The van der Waals surface area contributed by atoms with Crippen molar-refractivity contribution in [2.24, 2.45) is 0 Å². The van der Waals surface area contributed by atoms with Gasteiger partial charge in [-0.15, -0.1) is 0 Å². The van der Waals surface area contributed by atoms with Crippen molar-refractivity contribution < 1.29 is 13.2 Å². The zero-order valence-corrected chi connectivity index (χ0v) is 20.6. The van der Waals surface area contributed by atoms with Gasteiger partial charge in [-0.3, -0.25) is 18.9 Å². The first-order valence-electron chi connectivity index (χ1n) is 11.0. The zero-order valence-electron chi connectivity index (χ0n) is 18.2. The van der Waals surface area contributed by atoms with Crippen LogP contribution in [0.2, 0.25) is 0 Å². The number of anilines is 1. The number of aromatic nitrogens is 2. The first-order valence-corrected chi connectivity index (χ1v) is 14.0. The van der Waals surface area contributed by atoms with E-state index >= 15 is 0 Å². The summed E-state index contributed by atoms with van der Waals surface area (Å²) < 4.78 is 25.7. The molecule has 0 N–H and O–H groups in total. The molecule has 5 rings (SSSR count). The van der Waals surface area contributed by atoms with Gasteiger partial charge in [0.15, 0.2) is 9.84 Å². The minimum atomic E-state index is -3.16. The number of thiocarbonyl (C=S) groups is 1. The van der Waals surface area contributed by atoms with Crippen molar-refractivity contribution in [2.75, 3.05) is 29.5 Å². The summed E-state index contributed by atoms with van der Waals surface area (Å²) in [4.78, 5) is 35.4. The Morgan fingerprint density at radius 2 is 1.94 bits per heavy atom. The molecule has 2 aromatic heterocycles. The van der Waals surface area contributed by atoms with Crippen LogP contribution in [-0.2, 0) is 14.6 Å². The lowest BCUT2D eigenvalue weighted by Gasteiger charge is -2.29. The van der Waals surface area contributed by atoms with Crippen LogP contribution < -0.4 is 10.5 Å². The lowest BCUT2D eigenvalue weighted by molar-refractivity contribution is -0.123. The van der Waals surface area contributed by atoms with Gasteiger partial charge in [0, 0.05) is 19.3 Å². The lowest BCUT2D eigenvalue weighted by atomic mass is 10.1. The Morgan fingerprint density at radius 1 is 1.18 bits per heavy atom. The van der Waals surface area contributed by atoms with Crippen LogP contribution in [0, 0.1) is 6.92 Å². The summed E-state index contributed by atoms with van der Waals surface area (Å²) in [5.41, 5.74) is 1.61. The largest absolute Gasteiger partial charge is 0.356 e. The highest BCUT2D eigenvalue weighted by Gasteiger charge is 2.42. The Morgan fingerprint density at radius 3 is 2.64 bits per heavy atom. The van der Waals surface area contributed by atoms with Crippen LogP contribution in [0.25, 0.3) is 11.7 Å². The van der Waals surface area contributed by atoms with Gasteiger partial charge in [-0.1, -0.05) is 30.0 Å². The van der Waals surface area contributed by atoms with Crippen molar-refractivity contribution in [3.05, 3.63) is 44.7 Å². The summed E-state index contributed by atoms with van der Waals surface area (Å²) in [5, 5.41) is 0. The molecule has 0 spiro atoms. The zero-order chi connectivity index (χ0) is 23.3. The topological polar surface area (TPSA) is 92.1 Å². The predicted molar refractivity (Wildman–Crippen MR) is 134 cm³/mol.